The first-order valence-electron chi connectivity index (χ1n) is 3.83. The van der Waals surface area contributed by atoms with Crippen LogP contribution in [0.4, 0.5) is 0 Å². The highest BCUT2D eigenvalue weighted by atomic mass is 32.2. The van der Waals surface area contributed by atoms with Gasteiger partial charge in [0.2, 0.25) is 0 Å². The van der Waals surface area contributed by atoms with Crippen molar-refractivity contribution in [3.8, 4) is 0 Å². The molecule has 0 saturated carbocycles. The second kappa shape index (κ2) is 3.45. The number of hydrogen-bond donors (Lipinski definition) is 2. The van der Waals surface area contributed by atoms with Crippen LogP contribution in [-0.2, 0) is 4.79 Å². The van der Waals surface area contributed by atoms with Gasteiger partial charge in [0, 0.05) is 0 Å². The molecule has 4 heteroatoms. The molecule has 0 aromatic rings. The van der Waals surface area contributed by atoms with E-state index in [1.54, 1.807) is 0 Å². The van der Waals surface area contributed by atoms with E-state index in [1.807, 2.05) is 6.92 Å². The predicted molar refractivity (Wildman–Crippen MR) is 45.7 cm³/mol. The number of rotatable bonds is 3. The Kier molecular flexibility index (Phi) is 2.78. The second-order valence-electron chi connectivity index (χ2n) is 2.60. The number of thioether (sulfide) groups is 1. The molecule has 0 spiro atoms. The third-order valence-corrected chi connectivity index (χ3v) is 3.16. The van der Waals surface area contributed by atoms with E-state index < -0.39 is 10.8 Å². The van der Waals surface area contributed by atoms with Crippen LogP contribution >= 0.6 is 11.8 Å². The van der Waals surface area contributed by atoms with Crippen molar-refractivity contribution < 1.29 is 9.90 Å². The largest absolute Gasteiger partial charge is 0.479 e. The zero-order valence-corrected chi connectivity index (χ0v) is 7.41. The molecule has 0 aliphatic carbocycles. The van der Waals surface area contributed by atoms with Crippen LogP contribution in [-0.4, -0.2) is 28.2 Å². The summed E-state index contributed by atoms with van der Waals surface area (Å²) in [5.41, 5.74) is 0. The summed E-state index contributed by atoms with van der Waals surface area (Å²) in [7, 11) is 0. The zero-order chi connectivity index (χ0) is 8.32. The van der Waals surface area contributed by atoms with Gasteiger partial charge in [0.25, 0.3) is 0 Å². The van der Waals surface area contributed by atoms with E-state index in [0.29, 0.717) is 0 Å². The summed E-state index contributed by atoms with van der Waals surface area (Å²) >= 11 is 1.48. The van der Waals surface area contributed by atoms with Crippen LogP contribution in [0.2, 0.25) is 0 Å². The van der Waals surface area contributed by atoms with Crippen molar-refractivity contribution in [1.82, 2.24) is 5.32 Å². The molecule has 0 amide bonds. The number of aliphatic carboxylic acids is 1. The minimum atomic E-state index is -0.721. The number of carboxylic acid groups (broad SMARTS) is 1. The highest BCUT2D eigenvalue weighted by Gasteiger charge is 2.40. The molecule has 64 valence electrons. The van der Waals surface area contributed by atoms with E-state index in [-0.39, 0.29) is 0 Å². The maximum absolute atomic E-state index is 10.8. The highest BCUT2D eigenvalue weighted by molar-refractivity contribution is 8.01. The molecule has 1 aliphatic heterocycles. The van der Waals surface area contributed by atoms with Crippen LogP contribution in [0.1, 0.15) is 19.8 Å². The van der Waals surface area contributed by atoms with Crippen molar-refractivity contribution in [2.24, 2.45) is 0 Å². The summed E-state index contributed by atoms with van der Waals surface area (Å²) in [5.74, 6) is 0.126. The van der Waals surface area contributed by atoms with Crippen molar-refractivity contribution >= 4 is 17.7 Å². The first kappa shape index (κ1) is 8.87. The van der Waals surface area contributed by atoms with Crippen molar-refractivity contribution in [3.63, 3.8) is 0 Å². The lowest BCUT2D eigenvalue weighted by molar-refractivity contribution is -0.140. The van der Waals surface area contributed by atoms with Gasteiger partial charge < -0.3 is 5.11 Å². The summed E-state index contributed by atoms with van der Waals surface area (Å²) in [6, 6.07) is 0. The van der Waals surface area contributed by atoms with Gasteiger partial charge in [0.05, 0.1) is 0 Å². The quantitative estimate of drug-likeness (QED) is 0.669. The van der Waals surface area contributed by atoms with Crippen molar-refractivity contribution in [3.05, 3.63) is 0 Å². The average Bonchev–Trinajstić information content (AvgIpc) is 2.38. The molecular formula is C7H13NO2S. The lowest BCUT2D eigenvalue weighted by Crippen LogP contribution is -2.44. The Morgan fingerprint density at radius 1 is 1.82 bits per heavy atom. The number of hydrogen-bond acceptors (Lipinski definition) is 3. The molecule has 0 bridgehead atoms. The molecule has 1 heterocycles. The van der Waals surface area contributed by atoms with E-state index in [4.69, 9.17) is 5.11 Å². The number of carboxylic acids is 1. The standard InChI is InChI=1S/C7H13NO2S/c1-2-11-7(6(9)10)4-3-5-8-7/h8H,2-5H2,1H3,(H,9,10)/t7-/m1/s1. The maximum Gasteiger partial charge on any atom is 0.334 e. The monoisotopic (exact) mass is 175 g/mol. The van der Waals surface area contributed by atoms with Gasteiger partial charge in [0.15, 0.2) is 4.87 Å². The third-order valence-electron chi connectivity index (χ3n) is 1.85. The van der Waals surface area contributed by atoms with Gasteiger partial charge in [-0.25, -0.2) is 4.79 Å². The van der Waals surface area contributed by atoms with Gasteiger partial charge in [-0.1, -0.05) is 6.92 Å². The van der Waals surface area contributed by atoms with Gasteiger partial charge >= 0.3 is 5.97 Å². The first-order chi connectivity index (χ1) is 5.21. The second-order valence-corrected chi connectivity index (χ2v) is 4.16. The average molecular weight is 175 g/mol. The number of nitrogens with one attached hydrogen (secondary N) is 1. The van der Waals surface area contributed by atoms with Gasteiger partial charge in [0.1, 0.15) is 0 Å². The fourth-order valence-electron chi connectivity index (χ4n) is 1.33. The molecule has 11 heavy (non-hydrogen) atoms. The molecule has 1 saturated heterocycles. The SMILES string of the molecule is CCS[C@@]1(C(=O)O)CCCN1. The summed E-state index contributed by atoms with van der Waals surface area (Å²) in [5, 5.41) is 11.9. The Morgan fingerprint density at radius 2 is 2.55 bits per heavy atom. The Hall–Kier alpha value is -0.220. The molecule has 1 fully saturated rings. The van der Waals surface area contributed by atoms with Crippen LogP contribution in [0.25, 0.3) is 0 Å². The van der Waals surface area contributed by atoms with Crippen LogP contribution in [0.15, 0.2) is 0 Å². The Bertz CT molecular complexity index is 155. The molecule has 3 nitrogen and oxygen atoms in total. The van der Waals surface area contributed by atoms with Crippen LogP contribution in [0.3, 0.4) is 0 Å². The first-order valence-corrected chi connectivity index (χ1v) is 4.82. The molecule has 1 aliphatic rings. The maximum atomic E-state index is 10.8. The third kappa shape index (κ3) is 1.68. The van der Waals surface area contributed by atoms with E-state index in [2.05, 4.69) is 5.32 Å². The minimum Gasteiger partial charge on any atom is -0.479 e. The fraction of sp³-hybridized carbons (Fsp3) is 0.857. The number of carbonyl (C=O) groups is 1. The highest BCUT2D eigenvalue weighted by Crippen LogP contribution is 2.31. The van der Waals surface area contributed by atoms with E-state index in [0.717, 1.165) is 25.1 Å². The molecule has 0 unspecified atom stereocenters. The molecule has 0 aromatic heterocycles. The van der Waals surface area contributed by atoms with Crippen LogP contribution in [0, 0.1) is 0 Å². The van der Waals surface area contributed by atoms with Crippen molar-refractivity contribution in [2.45, 2.75) is 24.6 Å². The van der Waals surface area contributed by atoms with Gasteiger partial charge in [-0.15, -0.1) is 11.8 Å². The summed E-state index contributed by atoms with van der Waals surface area (Å²) in [6.07, 6.45) is 1.72. The minimum absolute atomic E-state index is 0.672. The van der Waals surface area contributed by atoms with E-state index in [1.165, 1.54) is 11.8 Å². The molecule has 1 atom stereocenters. The molecule has 2 N–H and O–H groups in total. The van der Waals surface area contributed by atoms with E-state index in [9.17, 15) is 4.79 Å². The van der Waals surface area contributed by atoms with Crippen molar-refractivity contribution in [1.29, 1.82) is 0 Å². The van der Waals surface area contributed by atoms with Gasteiger partial charge in [-0.3, -0.25) is 5.32 Å². The molecular weight excluding hydrogens is 162 g/mol. The Morgan fingerprint density at radius 3 is 2.91 bits per heavy atom. The Balaban J connectivity index is 2.62. The summed E-state index contributed by atoms with van der Waals surface area (Å²) in [6.45, 7) is 2.81. The summed E-state index contributed by atoms with van der Waals surface area (Å²) in [4.78, 5) is 10.2. The van der Waals surface area contributed by atoms with Crippen molar-refractivity contribution in [2.75, 3.05) is 12.3 Å². The predicted octanol–water partition coefficient (Wildman–Crippen LogP) is 0.904. The van der Waals surface area contributed by atoms with Crippen LogP contribution in [0.5, 0.6) is 0 Å². The van der Waals surface area contributed by atoms with E-state index >= 15 is 0 Å². The molecule has 0 aromatic carbocycles. The Labute approximate surface area is 70.6 Å². The van der Waals surface area contributed by atoms with Crippen LogP contribution < -0.4 is 5.32 Å². The molecule has 1 rings (SSSR count). The molecule has 0 radical (unpaired) electrons. The fourth-order valence-corrected chi connectivity index (χ4v) is 2.44. The smallest absolute Gasteiger partial charge is 0.334 e. The normalized spacial score (nSPS) is 30.6. The lowest BCUT2D eigenvalue weighted by atomic mass is 10.2. The summed E-state index contributed by atoms with van der Waals surface area (Å²) < 4.78 is 0. The zero-order valence-electron chi connectivity index (χ0n) is 6.59. The van der Waals surface area contributed by atoms with Gasteiger partial charge in [-0.05, 0) is 25.1 Å². The van der Waals surface area contributed by atoms with Gasteiger partial charge in [-0.2, -0.15) is 0 Å². The topological polar surface area (TPSA) is 49.3 Å². The lowest BCUT2D eigenvalue weighted by Gasteiger charge is -2.22.